The fraction of sp³-hybridized carbons (Fsp3) is 0.714. The average Bonchev–Trinajstić information content (AvgIpc) is 2.56. The van der Waals surface area contributed by atoms with E-state index in [0.717, 1.165) is 15.4 Å². The highest BCUT2D eigenvalue weighted by Crippen LogP contribution is 2.31. The van der Waals surface area contributed by atoms with Crippen LogP contribution in [0.1, 0.15) is 96.0 Å². The van der Waals surface area contributed by atoms with Gasteiger partial charge in [-0.1, -0.05) is 99.9 Å². The standard InChI is InChI=1S/C21H34Br2O/c1-2-3-4-5-6-7-8-9-10-11-12-13-14-15-18-16-21(24)20(23)17-19(18)22/h16-17,24H,2-15H2,1H3. The minimum absolute atomic E-state index is 0.336. The number of phenols is 1. The molecule has 1 nitrogen and oxygen atoms in total. The lowest BCUT2D eigenvalue weighted by atomic mass is 10.0. The van der Waals surface area contributed by atoms with Crippen LogP contribution in [0, 0.1) is 0 Å². The average molecular weight is 462 g/mol. The van der Waals surface area contributed by atoms with E-state index in [1.165, 1.54) is 89.0 Å². The van der Waals surface area contributed by atoms with E-state index < -0.39 is 0 Å². The lowest BCUT2D eigenvalue weighted by molar-refractivity contribution is 0.470. The molecule has 0 saturated heterocycles. The maximum atomic E-state index is 9.76. The molecule has 0 radical (unpaired) electrons. The van der Waals surface area contributed by atoms with Gasteiger partial charge < -0.3 is 5.11 Å². The molecule has 0 heterocycles. The number of aryl methyl sites for hydroxylation is 1. The highest BCUT2D eigenvalue weighted by atomic mass is 79.9. The van der Waals surface area contributed by atoms with E-state index in [1.807, 2.05) is 12.1 Å². The summed E-state index contributed by atoms with van der Waals surface area (Å²) in [5.74, 6) is 0.336. The number of benzene rings is 1. The molecule has 0 unspecified atom stereocenters. The Hall–Kier alpha value is -0.0200. The van der Waals surface area contributed by atoms with Crippen LogP contribution in [0.25, 0.3) is 0 Å². The Labute approximate surface area is 165 Å². The summed E-state index contributed by atoms with van der Waals surface area (Å²) in [6.07, 6.45) is 19.0. The first-order chi connectivity index (χ1) is 11.6. The van der Waals surface area contributed by atoms with Gasteiger partial charge in [-0.3, -0.25) is 0 Å². The van der Waals surface area contributed by atoms with E-state index in [4.69, 9.17) is 0 Å². The number of phenolic OH excluding ortho intramolecular Hbond substituents is 1. The van der Waals surface area contributed by atoms with Crippen LogP contribution in [0.2, 0.25) is 0 Å². The fourth-order valence-corrected chi connectivity index (χ4v) is 4.30. The topological polar surface area (TPSA) is 20.2 Å². The first-order valence-corrected chi connectivity index (χ1v) is 11.4. The monoisotopic (exact) mass is 460 g/mol. The number of unbranched alkanes of at least 4 members (excludes halogenated alkanes) is 12. The van der Waals surface area contributed by atoms with Crippen molar-refractivity contribution >= 4 is 31.9 Å². The van der Waals surface area contributed by atoms with Gasteiger partial charge in [-0.25, -0.2) is 0 Å². The molecule has 1 rings (SSSR count). The van der Waals surface area contributed by atoms with Crippen molar-refractivity contribution in [3.63, 3.8) is 0 Å². The van der Waals surface area contributed by atoms with Gasteiger partial charge in [-0.05, 0) is 46.5 Å². The molecular formula is C21H34Br2O. The molecule has 1 N–H and O–H groups in total. The smallest absolute Gasteiger partial charge is 0.130 e. The molecule has 24 heavy (non-hydrogen) atoms. The number of hydrogen-bond donors (Lipinski definition) is 1. The minimum atomic E-state index is 0.336. The van der Waals surface area contributed by atoms with E-state index in [9.17, 15) is 5.11 Å². The zero-order chi connectivity index (χ0) is 17.6. The highest BCUT2D eigenvalue weighted by Gasteiger charge is 2.05. The maximum absolute atomic E-state index is 9.76. The van der Waals surface area contributed by atoms with Crippen LogP contribution in [0.15, 0.2) is 21.1 Å². The zero-order valence-corrected chi connectivity index (χ0v) is 18.4. The molecule has 0 spiro atoms. The Balaban J connectivity index is 1.93. The second-order valence-electron chi connectivity index (χ2n) is 6.89. The SMILES string of the molecule is CCCCCCCCCCCCCCCc1cc(O)c(Br)cc1Br. The molecule has 1 aromatic carbocycles. The van der Waals surface area contributed by atoms with Gasteiger partial charge in [0.1, 0.15) is 5.75 Å². The van der Waals surface area contributed by atoms with Crippen molar-refractivity contribution in [3.8, 4) is 5.75 Å². The van der Waals surface area contributed by atoms with Crippen LogP contribution >= 0.6 is 31.9 Å². The first-order valence-electron chi connectivity index (χ1n) is 9.82. The molecule has 1 aromatic rings. The van der Waals surface area contributed by atoms with Crippen molar-refractivity contribution in [2.45, 2.75) is 96.8 Å². The van der Waals surface area contributed by atoms with Gasteiger partial charge in [0.15, 0.2) is 0 Å². The van der Waals surface area contributed by atoms with Crippen molar-refractivity contribution in [2.75, 3.05) is 0 Å². The summed E-state index contributed by atoms with van der Waals surface area (Å²) >= 11 is 6.92. The van der Waals surface area contributed by atoms with Gasteiger partial charge in [-0.2, -0.15) is 0 Å². The van der Waals surface area contributed by atoms with Crippen molar-refractivity contribution in [2.24, 2.45) is 0 Å². The predicted molar refractivity (Wildman–Crippen MR) is 113 cm³/mol. The Bertz CT molecular complexity index is 446. The van der Waals surface area contributed by atoms with E-state index in [0.29, 0.717) is 5.75 Å². The Morgan fingerprint density at radius 3 is 1.62 bits per heavy atom. The molecule has 0 saturated carbocycles. The molecule has 0 amide bonds. The molecule has 0 aliphatic carbocycles. The Morgan fingerprint density at radius 2 is 1.12 bits per heavy atom. The van der Waals surface area contributed by atoms with Crippen LogP contribution < -0.4 is 0 Å². The number of aromatic hydroxyl groups is 1. The molecule has 0 bridgehead atoms. The normalized spacial score (nSPS) is 11.1. The van der Waals surface area contributed by atoms with E-state index in [1.54, 1.807) is 0 Å². The summed E-state index contributed by atoms with van der Waals surface area (Å²) in [6, 6.07) is 3.81. The van der Waals surface area contributed by atoms with E-state index in [2.05, 4.69) is 38.8 Å². The minimum Gasteiger partial charge on any atom is -0.507 e. The molecule has 0 aromatic heterocycles. The quantitative estimate of drug-likeness (QED) is 0.275. The second-order valence-corrected chi connectivity index (χ2v) is 8.60. The third-order valence-corrected chi connectivity index (χ3v) is 6.04. The maximum Gasteiger partial charge on any atom is 0.130 e. The summed E-state index contributed by atoms with van der Waals surface area (Å²) in [4.78, 5) is 0. The zero-order valence-electron chi connectivity index (χ0n) is 15.3. The van der Waals surface area contributed by atoms with Crippen molar-refractivity contribution in [1.29, 1.82) is 0 Å². The molecule has 0 aliphatic heterocycles. The summed E-state index contributed by atoms with van der Waals surface area (Å²) in [5, 5.41) is 9.76. The van der Waals surface area contributed by atoms with Gasteiger partial charge in [0.2, 0.25) is 0 Å². The summed E-state index contributed by atoms with van der Waals surface area (Å²) in [6.45, 7) is 2.28. The van der Waals surface area contributed by atoms with Crippen LogP contribution in [0.5, 0.6) is 5.75 Å². The lowest BCUT2D eigenvalue weighted by Gasteiger charge is -2.07. The van der Waals surface area contributed by atoms with Crippen LogP contribution in [0.3, 0.4) is 0 Å². The second kappa shape index (κ2) is 14.2. The molecule has 0 aliphatic rings. The molecule has 0 atom stereocenters. The van der Waals surface area contributed by atoms with Gasteiger partial charge in [0, 0.05) is 4.47 Å². The third kappa shape index (κ3) is 10.1. The lowest BCUT2D eigenvalue weighted by Crippen LogP contribution is -1.89. The molecule has 138 valence electrons. The molecule has 0 fully saturated rings. The number of rotatable bonds is 14. The van der Waals surface area contributed by atoms with Gasteiger partial charge in [0.05, 0.1) is 4.47 Å². The summed E-state index contributed by atoms with van der Waals surface area (Å²) < 4.78 is 1.84. The van der Waals surface area contributed by atoms with Gasteiger partial charge >= 0.3 is 0 Å². The number of hydrogen-bond acceptors (Lipinski definition) is 1. The van der Waals surface area contributed by atoms with Gasteiger partial charge in [-0.15, -0.1) is 0 Å². The first kappa shape index (κ1) is 22.0. The molecule has 3 heteroatoms. The van der Waals surface area contributed by atoms with Crippen LogP contribution in [-0.2, 0) is 6.42 Å². The fourth-order valence-electron chi connectivity index (χ4n) is 3.11. The van der Waals surface area contributed by atoms with E-state index >= 15 is 0 Å². The van der Waals surface area contributed by atoms with Crippen molar-refractivity contribution in [3.05, 3.63) is 26.6 Å². The third-order valence-electron chi connectivity index (χ3n) is 4.67. The highest BCUT2D eigenvalue weighted by molar-refractivity contribution is 9.11. The Morgan fingerprint density at radius 1 is 0.667 bits per heavy atom. The van der Waals surface area contributed by atoms with E-state index in [-0.39, 0.29) is 0 Å². The van der Waals surface area contributed by atoms with Crippen LogP contribution in [0.4, 0.5) is 0 Å². The van der Waals surface area contributed by atoms with Crippen LogP contribution in [-0.4, -0.2) is 5.11 Å². The summed E-state index contributed by atoms with van der Waals surface area (Å²) in [7, 11) is 0. The van der Waals surface area contributed by atoms with Crippen molar-refractivity contribution < 1.29 is 5.11 Å². The molecular weight excluding hydrogens is 428 g/mol. The largest absolute Gasteiger partial charge is 0.507 e. The van der Waals surface area contributed by atoms with Gasteiger partial charge in [0.25, 0.3) is 0 Å². The van der Waals surface area contributed by atoms with Crippen molar-refractivity contribution in [1.82, 2.24) is 0 Å². The summed E-state index contributed by atoms with van der Waals surface area (Å²) in [5.41, 5.74) is 1.21. The number of halogens is 2. The predicted octanol–water partition coefficient (Wildman–Crippen LogP) is 8.55. The Kier molecular flexibility index (Phi) is 13.0.